The molecule has 0 saturated carbocycles. The third kappa shape index (κ3) is 3.67. The average molecular weight is 401 g/mol. The Labute approximate surface area is 133 Å². The van der Waals surface area contributed by atoms with Crippen molar-refractivity contribution in [2.75, 3.05) is 7.05 Å². The zero-order valence-corrected chi connectivity index (χ0v) is 13.9. The van der Waals surface area contributed by atoms with E-state index in [4.69, 9.17) is 0 Å². The summed E-state index contributed by atoms with van der Waals surface area (Å²) in [4.78, 5) is 13.7. The van der Waals surface area contributed by atoms with E-state index < -0.39 is 5.82 Å². The highest BCUT2D eigenvalue weighted by Crippen LogP contribution is 2.18. The third-order valence-corrected chi connectivity index (χ3v) is 3.86. The minimum absolute atomic E-state index is 0.0767. The Kier molecular flexibility index (Phi) is 4.94. The lowest BCUT2D eigenvalue weighted by Gasteiger charge is -2.18. The Hall–Kier alpha value is -1.20. The molecule has 2 nitrogen and oxygen atoms in total. The van der Waals surface area contributed by atoms with Gasteiger partial charge in [0.15, 0.2) is 0 Å². The van der Waals surface area contributed by atoms with E-state index in [0.717, 1.165) is 10.0 Å². The summed E-state index contributed by atoms with van der Waals surface area (Å²) in [6.45, 7) is 0.432. The molecule has 0 unspecified atom stereocenters. The monoisotopic (exact) mass is 399 g/mol. The molecule has 0 aliphatic carbocycles. The predicted octanol–water partition coefficient (Wildman–Crippen LogP) is 4.62. The van der Waals surface area contributed by atoms with Crippen molar-refractivity contribution in [1.82, 2.24) is 4.90 Å². The fourth-order valence-corrected chi connectivity index (χ4v) is 2.40. The summed E-state index contributed by atoms with van der Waals surface area (Å²) in [5.41, 5.74) is 1.06. The zero-order chi connectivity index (χ0) is 14.7. The zero-order valence-electron chi connectivity index (χ0n) is 10.7. The van der Waals surface area contributed by atoms with Crippen LogP contribution in [0.15, 0.2) is 51.4 Å². The molecule has 0 aromatic heterocycles. The maximum absolute atomic E-state index is 13.8. The van der Waals surface area contributed by atoms with Gasteiger partial charge in [-0.1, -0.05) is 44.0 Å². The Balaban J connectivity index is 2.14. The Morgan fingerprint density at radius 3 is 2.30 bits per heavy atom. The molecule has 0 bridgehead atoms. The fourth-order valence-electron chi connectivity index (χ4n) is 1.80. The number of hydrogen-bond donors (Lipinski definition) is 0. The third-order valence-electron chi connectivity index (χ3n) is 2.84. The second kappa shape index (κ2) is 6.50. The summed E-state index contributed by atoms with van der Waals surface area (Å²) in [5.74, 6) is -0.857. The SMILES string of the molecule is CN(Cc1ccc(Br)cc1)C(=O)c1ccc(Br)cc1F. The van der Waals surface area contributed by atoms with Crippen LogP contribution in [0.1, 0.15) is 15.9 Å². The largest absolute Gasteiger partial charge is 0.337 e. The number of nitrogens with zero attached hydrogens (tertiary/aromatic N) is 1. The summed E-state index contributed by atoms with van der Waals surface area (Å²) in [6, 6.07) is 12.1. The molecule has 0 heterocycles. The maximum Gasteiger partial charge on any atom is 0.256 e. The molecular formula is C15H12Br2FNO. The molecule has 0 spiro atoms. The summed E-state index contributed by atoms with van der Waals surface area (Å²) in [5, 5.41) is 0. The molecule has 0 radical (unpaired) electrons. The van der Waals surface area contributed by atoms with E-state index in [1.165, 1.54) is 17.0 Å². The molecule has 2 rings (SSSR count). The molecule has 0 fully saturated rings. The van der Waals surface area contributed by atoms with Crippen molar-refractivity contribution >= 4 is 37.8 Å². The van der Waals surface area contributed by atoms with Gasteiger partial charge in [-0.2, -0.15) is 0 Å². The summed E-state index contributed by atoms with van der Waals surface area (Å²) in [7, 11) is 1.66. The molecule has 5 heteroatoms. The summed E-state index contributed by atoms with van der Waals surface area (Å²) < 4.78 is 15.4. The quantitative estimate of drug-likeness (QED) is 0.735. The van der Waals surface area contributed by atoms with E-state index in [2.05, 4.69) is 31.9 Å². The summed E-state index contributed by atoms with van der Waals surface area (Å²) in [6.07, 6.45) is 0. The van der Waals surface area contributed by atoms with Crippen LogP contribution in [0.2, 0.25) is 0 Å². The number of halogens is 3. The van der Waals surface area contributed by atoms with Crippen LogP contribution >= 0.6 is 31.9 Å². The van der Waals surface area contributed by atoms with Crippen LogP contribution in [0, 0.1) is 5.82 Å². The van der Waals surface area contributed by atoms with Gasteiger partial charge >= 0.3 is 0 Å². The molecule has 0 aliphatic heterocycles. The number of benzene rings is 2. The molecule has 0 N–H and O–H groups in total. The smallest absolute Gasteiger partial charge is 0.256 e. The van der Waals surface area contributed by atoms with Crippen molar-refractivity contribution in [2.24, 2.45) is 0 Å². The van der Waals surface area contributed by atoms with Crippen molar-refractivity contribution in [3.05, 3.63) is 68.4 Å². The highest BCUT2D eigenvalue weighted by molar-refractivity contribution is 9.10. The normalized spacial score (nSPS) is 10.4. The van der Waals surface area contributed by atoms with Gasteiger partial charge < -0.3 is 4.90 Å². The van der Waals surface area contributed by atoms with Gasteiger partial charge in [-0.05, 0) is 35.9 Å². The van der Waals surface area contributed by atoms with Gasteiger partial charge in [0, 0.05) is 22.5 Å². The minimum atomic E-state index is -0.521. The van der Waals surface area contributed by atoms with Crippen LogP contribution in [0.3, 0.4) is 0 Å². The number of amides is 1. The van der Waals surface area contributed by atoms with Crippen LogP contribution in [-0.2, 0) is 6.54 Å². The lowest BCUT2D eigenvalue weighted by Crippen LogP contribution is -2.27. The summed E-state index contributed by atoms with van der Waals surface area (Å²) >= 11 is 6.53. The van der Waals surface area contributed by atoms with Crippen molar-refractivity contribution in [2.45, 2.75) is 6.54 Å². The van der Waals surface area contributed by atoms with Crippen molar-refractivity contribution < 1.29 is 9.18 Å². The molecule has 104 valence electrons. The van der Waals surface area contributed by atoms with Gasteiger partial charge in [0.05, 0.1) is 5.56 Å². The lowest BCUT2D eigenvalue weighted by atomic mass is 10.1. The standard InChI is InChI=1S/C15H12Br2FNO/c1-19(9-10-2-4-11(16)5-3-10)15(20)13-7-6-12(17)8-14(13)18/h2-8H,9H2,1H3. The Morgan fingerprint density at radius 1 is 1.10 bits per heavy atom. The van der Waals surface area contributed by atoms with Crippen molar-refractivity contribution in [3.63, 3.8) is 0 Å². The molecule has 0 atom stereocenters. The van der Waals surface area contributed by atoms with Crippen molar-refractivity contribution in [1.29, 1.82) is 0 Å². The van der Waals surface area contributed by atoms with Crippen LogP contribution in [0.4, 0.5) is 4.39 Å². The van der Waals surface area contributed by atoms with Gasteiger partial charge in [0.1, 0.15) is 5.82 Å². The van der Waals surface area contributed by atoms with E-state index in [1.807, 2.05) is 24.3 Å². The van der Waals surface area contributed by atoms with E-state index >= 15 is 0 Å². The predicted molar refractivity (Wildman–Crippen MR) is 84.0 cm³/mol. The second-order valence-electron chi connectivity index (χ2n) is 4.41. The van der Waals surface area contributed by atoms with Crippen LogP contribution in [0.25, 0.3) is 0 Å². The Bertz CT molecular complexity index is 628. The fraction of sp³-hybridized carbons (Fsp3) is 0.133. The van der Waals surface area contributed by atoms with Gasteiger partial charge in [0.2, 0.25) is 0 Å². The molecule has 1 amide bonds. The van der Waals surface area contributed by atoms with Gasteiger partial charge in [-0.3, -0.25) is 4.79 Å². The van der Waals surface area contributed by atoms with Gasteiger partial charge in [0.25, 0.3) is 5.91 Å². The first kappa shape index (κ1) is 15.2. The number of hydrogen-bond acceptors (Lipinski definition) is 1. The topological polar surface area (TPSA) is 20.3 Å². The molecule has 20 heavy (non-hydrogen) atoms. The second-order valence-corrected chi connectivity index (χ2v) is 6.24. The lowest BCUT2D eigenvalue weighted by molar-refractivity contribution is 0.0780. The average Bonchev–Trinajstić information content (AvgIpc) is 2.40. The first-order valence-corrected chi connectivity index (χ1v) is 7.51. The highest BCUT2D eigenvalue weighted by Gasteiger charge is 2.16. The Morgan fingerprint density at radius 2 is 1.70 bits per heavy atom. The van der Waals surface area contributed by atoms with Crippen LogP contribution < -0.4 is 0 Å². The van der Waals surface area contributed by atoms with E-state index in [-0.39, 0.29) is 11.5 Å². The van der Waals surface area contributed by atoms with Gasteiger partial charge in [-0.15, -0.1) is 0 Å². The van der Waals surface area contributed by atoms with E-state index in [0.29, 0.717) is 11.0 Å². The van der Waals surface area contributed by atoms with Gasteiger partial charge in [-0.25, -0.2) is 4.39 Å². The van der Waals surface area contributed by atoms with E-state index in [1.54, 1.807) is 13.1 Å². The van der Waals surface area contributed by atoms with Crippen molar-refractivity contribution in [3.8, 4) is 0 Å². The highest BCUT2D eigenvalue weighted by atomic mass is 79.9. The van der Waals surface area contributed by atoms with Crippen LogP contribution in [0.5, 0.6) is 0 Å². The minimum Gasteiger partial charge on any atom is -0.337 e. The molecule has 0 saturated heterocycles. The number of rotatable bonds is 3. The first-order chi connectivity index (χ1) is 9.47. The molecule has 2 aromatic rings. The molecule has 0 aliphatic rings. The molecule has 2 aromatic carbocycles. The number of carbonyl (C=O) groups excluding carboxylic acids is 1. The molecular weight excluding hydrogens is 389 g/mol. The van der Waals surface area contributed by atoms with E-state index in [9.17, 15) is 9.18 Å². The van der Waals surface area contributed by atoms with Crippen LogP contribution in [-0.4, -0.2) is 17.9 Å². The first-order valence-electron chi connectivity index (χ1n) is 5.92. The maximum atomic E-state index is 13.8. The number of carbonyl (C=O) groups is 1.